The van der Waals surface area contributed by atoms with Crippen molar-refractivity contribution < 1.29 is 178 Å². The maximum Gasteiger partial charge on any atom is 1.00 e. The van der Waals surface area contributed by atoms with E-state index < -0.39 is 105 Å². The molecular weight excluding hydrogens is 2060 g/mol. The average molecular weight is 2200 g/mol. The number of carboxylic acid groups (broad SMARTS) is 1. The van der Waals surface area contributed by atoms with E-state index in [9.17, 15) is 101 Å². The molecule has 8 rings (SSSR count). The number of nitrogens with one attached hydrogen (secondary N) is 2. The topological polar surface area (TPSA) is 554 Å². The number of nitrogens with zero attached hydrogens (tertiary/aromatic N) is 1. The molecule has 0 aliphatic carbocycles. The molecule has 5 atom stereocenters. The van der Waals surface area contributed by atoms with Crippen molar-refractivity contribution in [2.45, 2.75) is 273 Å². The molecule has 3 aromatic rings. The summed E-state index contributed by atoms with van der Waals surface area (Å²) >= 11 is 6.12. The number of alkyl halides is 2. The van der Waals surface area contributed by atoms with Crippen molar-refractivity contribution >= 4 is 190 Å². The minimum absolute atomic E-state index is 0. The van der Waals surface area contributed by atoms with Gasteiger partial charge in [0.15, 0.2) is 11.4 Å². The van der Waals surface area contributed by atoms with E-state index >= 15 is 0 Å². The van der Waals surface area contributed by atoms with Crippen LogP contribution in [0, 0.1) is 24.2 Å². The number of hydrogen-bond acceptors (Lipinski definition) is 29. The van der Waals surface area contributed by atoms with Gasteiger partial charge in [0, 0.05) is 72.3 Å². The summed E-state index contributed by atoms with van der Waals surface area (Å²) in [5.74, 6) is 1.69. The van der Waals surface area contributed by atoms with Crippen molar-refractivity contribution in [3.63, 3.8) is 0 Å². The minimum atomic E-state index is -4.56. The van der Waals surface area contributed by atoms with Crippen LogP contribution in [0.3, 0.4) is 0 Å². The van der Waals surface area contributed by atoms with E-state index in [-0.39, 0.29) is 127 Å². The number of halogens is 3. The van der Waals surface area contributed by atoms with Crippen LogP contribution in [0.25, 0.3) is 0 Å². The van der Waals surface area contributed by atoms with Crippen molar-refractivity contribution in [1.29, 1.82) is 0 Å². The number of ketones is 3. The fourth-order valence-corrected chi connectivity index (χ4v) is 17.8. The van der Waals surface area contributed by atoms with Crippen LogP contribution < -0.4 is 45.8 Å². The van der Waals surface area contributed by atoms with Crippen molar-refractivity contribution in [2.24, 2.45) is 17.3 Å². The Morgan fingerprint density at radius 3 is 1.43 bits per heavy atom. The van der Waals surface area contributed by atoms with Gasteiger partial charge in [-0.1, -0.05) is 142 Å². The van der Waals surface area contributed by atoms with E-state index in [4.69, 9.17) is 14.4 Å². The zero-order valence-electron chi connectivity index (χ0n) is 77.0. The molecule has 0 radical (unpaired) electrons. The van der Waals surface area contributed by atoms with Gasteiger partial charge in [0.1, 0.15) is 55.5 Å². The normalized spacial score (nSPS) is 17.8. The molecule has 0 amide bonds. The summed E-state index contributed by atoms with van der Waals surface area (Å²) in [4.78, 5) is 67.7. The summed E-state index contributed by atoms with van der Waals surface area (Å²) in [7, 11) is -26.1. The van der Waals surface area contributed by atoms with Crippen LogP contribution in [-0.4, -0.2) is 213 Å². The Hall–Kier alpha value is -3.76. The molecule has 3 aromatic carbocycles. The van der Waals surface area contributed by atoms with Gasteiger partial charge in [-0.2, -0.15) is 38.2 Å². The summed E-state index contributed by atoms with van der Waals surface area (Å²) in [6, 6.07) is 17.0. The van der Waals surface area contributed by atoms with Gasteiger partial charge in [-0.15, -0.1) is 24.0 Å². The fourth-order valence-electron chi connectivity index (χ4n) is 11.5. The molecule has 3 fully saturated rings. The van der Waals surface area contributed by atoms with Gasteiger partial charge in [-0.25, -0.2) is 35.7 Å². The maximum atomic E-state index is 11.6. The number of fused-ring (bicyclic) bond motifs is 2. The second kappa shape index (κ2) is 66.6. The minimum Gasteiger partial charge on any atom is -0.748 e. The Bertz CT molecular complexity index is 4670. The number of rotatable bonds is 33. The number of anilines is 1. The third kappa shape index (κ3) is 56.9. The molecule has 3 saturated heterocycles. The van der Waals surface area contributed by atoms with E-state index in [1.165, 1.54) is 56.5 Å². The van der Waals surface area contributed by atoms with Crippen molar-refractivity contribution in [3.8, 4) is 0 Å². The molecule has 45 heteroatoms. The SMILES string of the molecule is CCCC[C@@H](C)C(C)=O.CCCC[C@@](C)(C(C)=O)C(=O)OCC.CCCC[C@@]1(C)C(C)=[N+](CCCS(=O)(=O)[O-])c2ccc(S(=O)(=O)[O-])cc21.CCCC[C@@]1(C)C(C)=[NH+]c2ccc(S(=O)(=O)[O-])cc21.CCOC(=O)C(C)C(C)=O.Cc1ccc(N[NH3+])cc1.I.O=C(O)CCCCCBr.O=S(=O)(O)CCBr.O=S1(=O)CCCCO1.O=S1(=O)CCCO1.O=S1(=O)CCCO1.[Na+]. The number of carbonyl (C=O) groups excluding carboxylic acids is 5. The van der Waals surface area contributed by atoms with E-state index in [1.54, 1.807) is 46.8 Å². The van der Waals surface area contributed by atoms with Crippen LogP contribution in [0.5, 0.6) is 0 Å². The Balaban J connectivity index is -0.000000443. The van der Waals surface area contributed by atoms with Crippen LogP contribution in [0.2, 0.25) is 0 Å². The first kappa shape index (κ1) is 132. The molecular formula is C82H139Br2IN4NaO30S7+. The quantitative estimate of drug-likeness (QED) is 0.00363. The Morgan fingerprint density at radius 1 is 0.614 bits per heavy atom. The van der Waals surface area contributed by atoms with Gasteiger partial charge in [-0.05, 0) is 170 Å². The maximum absolute atomic E-state index is 11.6. The van der Waals surface area contributed by atoms with Crippen LogP contribution in [0.4, 0.5) is 17.1 Å². The zero-order valence-corrected chi connectivity index (χ0v) is 90.2. The van der Waals surface area contributed by atoms with Crippen LogP contribution in [-0.2, 0) is 132 Å². The molecule has 1 unspecified atom stereocenters. The first-order valence-electron chi connectivity index (χ1n) is 41.5. The fraction of sp³-hybridized carbons (Fsp3) is 0.683. The Kier molecular flexibility index (Phi) is 69.1. The summed E-state index contributed by atoms with van der Waals surface area (Å²) in [6.45, 7) is 33.8. The molecule has 730 valence electrons. The number of benzene rings is 3. The summed E-state index contributed by atoms with van der Waals surface area (Å²) in [5.41, 5.74) is 8.95. The van der Waals surface area contributed by atoms with Crippen molar-refractivity contribution in [1.82, 2.24) is 0 Å². The van der Waals surface area contributed by atoms with E-state index in [0.29, 0.717) is 71.0 Å². The number of quaternary nitrogens is 1. The van der Waals surface area contributed by atoms with E-state index in [0.717, 1.165) is 135 Å². The Labute approximate surface area is 812 Å². The van der Waals surface area contributed by atoms with Crippen molar-refractivity contribution in [3.05, 3.63) is 77.4 Å². The van der Waals surface area contributed by atoms with Crippen molar-refractivity contribution in [2.75, 3.05) is 84.4 Å². The molecule has 0 saturated carbocycles. The number of aliphatic carboxylic acids is 1. The predicted octanol–water partition coefficient (Wildman–Crippen LogP) is 8.91. The number of ether oxygens (including phenoxy) is 2. The first-order valence-corrected chi connectivity index (χ1v) is 54.4. The zero-order chi connectivity index (χ0) is 97.0. The molecule has 0 bridgehead atoms. The summed E-state index contributed by atoms with van der Waals surface area (Å²) in [6.07, 6.45) is 17.9. The van der Waals surface area contributed by atoms with Crippen LogP contribution >= 0.6 is 55.8 Å². The molecule has 127 heavy (non-hydrogen) atoms. The Morgan fingerprint density at radius 2 is 1.08 bits per heavy atom. The van der Waals surface area contributed by atoms with Gasteiger partial charge in [0.25, 0.3) is 40.5 Å². The molecule has 5 aliphatic heterocycles. The third-order valence-electron chi connectivity index (χ3n) is 19.9. The molecule has 34 nitrogen and oxygen atoms in total. The van der Waals surface area contributed by atoms with Gasteiger partial charge >= 0.3 is 47.5 Å². The summed E-state index contributed by atoms with van der Waals surface area (Å²) in [5, 5.41) is 9.46. The van der Waals surface area contributed by atoms with Crippen LogP contribution in [0.15, 0.2) is 70.5 Å². The number of esters is 2. The number of carboxylic acids is 1. The number of unbranched alkanes of at least 4 members (excludes halogenated alkanes) is 6. The monoisotopic (exact) mass is 2190 g/mol. The van der Waals surface area contributed by atoms with Crippen LogP contribution in [0.1, 0.15) is 262 Å². The molecule has 0 spiro atoms. The standard InChI is InChI=1S/C17H25NO6S2.C14H19NO3S.C11H20O3.C8H16O.C7H10N2.C7H12O3.C6H11BrO2.C4H8O3S.2C3H6O3S.C2H5BrO3S.HI.Na/c1-4-5-9-17(3)13(2)18(10-6-11-25(19,20)21)16-8-7-14(12-15(16)17)26(22,23)24;1-4-5-8-14(3)10(2)15-13-7-6-11(9-12(13)14)19(16,17)18;1-5-7-8-11(4,9(3)12)10(13)14-6-2;1-4-5-6-7(2)8(3)9;1-6-2-4-7(9-8)5-3-6;1-4-10-7(9)5(2)6(3)8;7-5-3-1-2-4-6(8)9;5-8(6)4-2-1-3-7-8;2*4-7(5)3-1-2-6-7;3-1-2-7(4,5)6;;/h7-8,12H,4-6,9-11H2,1-3H3,(H-,19,20,21,22,23,24);6-7,9H,4-5,8H2,1-3H3,(H,16,17,18);5-8H2,1-4H3;7H,4-6H2,1-3H3;2-5,9H,8H2,1H3;5H,4H2,1-3H3;1-5H2,(H,8,9);1-4H2;2*1-3H2;1-2H2,(H,4,5,6);1H;/q;;;;;;;;;;;;+1/t17-;14-;11-;7-;;;;;;;;;/m0001........./s1. The van der Waals surface area contributed by atoms with E-state index in [1.807, 2.05) is 63.5 Å². The third-order valence-corrected chi connectivity index (χ3v) is 28.5. The second-order valence-electron chi connectivity index (χ2n) is 30.3. The molecule has 5 heterocycles. The number of hydrogen-bond donors (Lipinski definition) is 5. The van der Waals surface area contributed by atoms with E-state index in [2.05, 4.69) is 100 Å². The van der Waals surface area contributed by atoms with Gasteiger partial charge in [0.05, 0.1) is 92.5 Å². The first-order chi connectivity index (χ1) is 57.7. The largest absolute Gasteiger partial charge is 1.00 e. The van der Waals surface area contributed by atoms with Gasteiger partial charge < -0.3 is 28.2 Å². The average Bonchev–Trinajstić information content (AvgIpc) is 1.59. The number of Topliss-reactive ketones (excluding diaryl/α,β-unsaturated/α-hetero) is 3. The number of carbonyl (C=O) groups is 6. The molecule has 0 aromatic heterocycles. The number of aryl methyl sites for hydroxylation is 1. The second-order valence-corrected chi connectivity index (χ2v) is 43.0. The predicted molar refractivity (Wildman–Crippen MR) is 500 cm³/mol. The van der Waals surface area contributed by atoms with Gasteiger partial charge in [0.2, 0.25) is 11.4 Å². The smallest absolute Gasteiger partial charge is 0.748 e. The van der Waals surface area contributed by atoms with Gasteiger partial charge in [-0.3, -0.25) is 51.7 Å². The summed E-state index contributed by atoms with van der Waals surface area (Å²) < 4.78 is 214. The molecule has 7 N–H and O–H groups in total. The molecule has 5 aliphatic rings.